The number of aromatic nitrogens is 1. The van der Waals surface area contributed by atoms with Crippen LogP contribution in [0.2, 0.25) is 5.02 Å². The van der Waals surface area contributed by atoms with Crippen LogP contribution in [-0.4, -0.2) is 39.1 Å². The molecule has 1 aliphatic heterocycles. The monoisotopic (exact) mass is 454 g/mol. The molecular weight excluding hydrogens is 436 g/mol. The van der Waals surface area contributed by atoms with Gasteiger partial charge in [0, 0.05) is 40.1 Å². The van der Waals surface area contributed by atoms with E-state index in [1.54, 1.807) is 66.9 Å². The number of pyridine rings is 1. The second kappa shape index (κ2) is 9.28. The highest BCUT2D eigenvalue weighted by molar-refractivity contribution is 7.99. The summed E-state index contributed by atoms with van der Waals surface area (Å²) in [6.07, 6.45) is 1.68. The summed E-state index contributed by atoms with van der Waals surface area (Å²) < 4.78 is 1.52. The Hall–Kier alpha value is -3.23. The number of benzene rings is 2. The first-order valence-electron chi connectivity index (χ1n) is 9.51. The van der Waals surface area contributed by atoms with Crippen molar-refractivity contribution in [1.29, 1.82) is 0 Å². The summed E-state index contributed by atoms with van der Waals surface area (Å²) in [6, 6.07) is 17.8. The van der Waals surface area contributed by atoms with Crippen molar-refractivity contribution < 1.29 is 9.59 Å². The van der Waals surface area contributed by atoms with Crippen molar-refractivity contribution in [3.63, 3.8) is 0 Å². The van der Waals surface area contributed by atoms with Gasteiger partial charge in [-0.1, -0.05) is 17.7 Å². The standard InChI is InChI=1S/C22H19ClN4O3S/c23-15-4-6-17(7-5-15)25-22(30)27-14-31-13-19(27)21(29)24-16-8-10-18(11-9-16)26-12-2-1-3-20(26)28/h1-12,19H,13-14H2,(H,24,29)(H,25,30)/t19-/m1/s1. The molecule has 31 heavy (non-hydrogen) atoms. The van der Waals surface area contributed by atoms with E-state index in [1.165, 1.54) is 27.3 Å². The summed E-state index contributed by atoms with van der Waals surface area (Å²) in [5.41, 5.74) is 1.76. The molecule has 1 aliphatic rings. The molecule has 2 N–H and O–H groups in total. The minimum atomic E-state index is -0.589. The molecule has 7 nitrogen and oxygen atoms in total. The number of anilines is 2. The van der Waals surface area contributed by atoms with Gasteiger partial charge in [-0.05, 0) is 54.6 Å². The normalized spacial score (nSPS) is 15.5. The number of hydrogen-bond acceptors (Lipinski definition) is 4. The Bertz CT molecular complexity index is 1150. The largest absolute Gasteiger partial charge is 0.324 e. The van der Waals surface area contributed by atoms with Gasteiger partial charge in [-0.15, -0.1) is 11.8 Å². The number of rotatable bonds is 4. The van der Waals surface area contributed by atoms with Crippen LogP contribution in [0.1, 0.15) is 0 Å². The molecule has 2 aromatic carbocycles. The molecule has 1 aromatic heterocycles. The minimum Gasteiger partial charge on any atom is -0.324 e. The fraction of sp³-hybridized carbons (Fsp3) is 0.136. The second-order valence-corrected chi connectivity index (χ2v) is 8.30. The highest BCUT2D eigenvalue weighted by atomic mass is 35.5. The molecule has 0 unspecified atom stereocenters. The lowest BCUT2D eigenvalue weighted by Crippen LogP contribution is -2.46. The van der Waals surface area contributed by atoms with Gasteiger partial charge >= 0.3 is 6.03 Å². The zero-order valence-corrected chi connectivity index (χ0v) is 17.9. The summed E-state index contributed by atoms with van der Waals surface area (Å²) in [7, 11) is 0. The van der Waals surface area contributed by atoms with Crippen LogP contribution in [0.15, 0.2) is 77.7 Å². The van der Waals surface area contributed by atoms with Crippen LogP contribution >= 0.6 is 23.4 Å². The van der Waals surface area contributed by atoms with Crippen LogP contribution in [-0.2, 0) is 4.79 Å². The van der Waals surface area contributed by atoms with E-state index in [1.807, 2.05) is 0 Å². The quantitative estimate of drug-likeness (QED) is 0.623. The van der Waals surface area contributed by atoms with E-state index >= 15 is 0 Å². The lowest BCUT2D eigenvalue weighted by Gasteiger charge is -2.23. The summed E-state index contributed by atoms with van der Waals surface area (Å²) in [5.74, 6) is 0.672. The van der Waals surface area contributed by atoms with Crippen molar-refractivity contribution in [1.82, 2.24) is 9.47 Å². The number of carbonyl (C=O) groups is 2. The van der Waals surface area contributed by atoms with E-state index in [2.05, 4.69) is 10.6 Å². The fourth-order valence-electron chi connectivity index (χ4n) is 3.16. The van der Waals surface area contributed by atoms with Gasteiger partial charge < -0.3 is 15.5 Å². The molecule has 1 fully saturated rings. The van der Waals surface area contributed by atoms with Crippen LogP contribution in [0.25, 0.3) is 5.69 Å². The highest BCUT2D eigenvalue weighted by Gasteiger charge is 2.34. The Morgan fingerprint density at radius 3 is 2.32 bits per heavy atom. The third-order valence-corrected chi connectivity index (χ3v) is 6.04. The average molecular weight is 455 g/mol. The SMILES string of the molecule is O=C(Nc1ccc(-n2ccccc2=O)cc1)[C@H]1CSCN1C(=O)Nc1ccc(Cl)cc1. The van der Waals surface area contributed by atoms with Crippen LogP contribution in [0.5, 0.6) is 0 Å². The number of carbonyl (C=O) groups excluding carboxylic acids is 2. The maximum absolute atomic E-state index is 12.8. The van der Waals surface area contributed by atoms with E-state index in [9.17, 15) is 14.4 Å². The highest BCUT2D eigenvalue weighted by Crippen LogP contribution is 2.24. The Morgan fingerprint density at radius 1 is 0.935 bits per heavy atom. The maximum atomic E-state index is 12.8. The molecule has 158 valence electrons. The molecular formula is C22H19ClN4O3S. The van der Waals surface area contributed by atoms with Crippen LogP contribution in [0, 0.1) is 0 Å². The number of urea groups is 1. The molecule has 0 bridgehead atoms. The molecule has 1 saturated heterocycles. The van der Waals surface area contributed by atoms with E-state index in [0.717, 1.165) is 0 Å². The Labute approximate surface area is 188 Å². The smallest absolute Gasteiger partial charge is 0.323 e. The number of hydrogen-bond donors (Lipinski definition) is 2. The molecule has 0 aliphatic carbocycles. The van der Waals surface area contributed by atoms with Crippen molar-refractivity contribution in [3.8, 4) is 5.69 Å². The third-order valence-electron chi connectivity index (χ3n) is 4.78. The fourth-order valence-corrected chi connectivity index (χ4v) is 4.44. The van der Waals surface area contributed by atoms with Gasteiger partial charge in [0.05, 0.1) is 5.88 Å². The summed E-state index contributed by atoms with van der Waals surface area (Å²) in [6.45, 7) is 0. The van der Waals surface area contributed by atoms with E-state index in [4.69, 9.17) is 11.6 Å². The van der Waals surface area contributed by atoms with Crippen LogP contribution < -0.4 is 16.2 Å². The lowest BCUT2D eigenvalue weighted by atomic mass is 10.2. The number of nitrogens with zero attached hydrogens (tertiary/aromatic N) is 2. The van der Waals surface area contributed by atoms with Crippen LogP contribution in [0.3, 0.4) is 0 Å². The lowest BCUT2D eigenvalue weighted by molar-refractivity contribution is -0.119. The van der Waals surface area contributed by atoms with Crippen molar-refractivity contribution in [2.75, 3.05) is 22.3 Å². The maximum Gasteiger partial charge on any atom is 0.323 e. The van der Waals surface area contributed by atoms with Crippen molar-refractivity contribution in [3.05, 3.63) is 88.3 Å². The van der Waals surface area contributed by atoms with E-state index in [-0.39, 0.29) is 17.5 Å². The van der Waals surface area contributed by atoms with Crippen molar-refractivity contribution in [2.24, 2.45) is 0 Å². The predicted octanol–water partition coefficient (Wildman–Crippen LogP) is 4.04. The van der Waals surface area contributed by atoms with Gasteiger partial charge in [0.25, 0.3) is 5.56 Å². The molecule has 4 rings (SSSR count). The zero-order valence-electron chi connectivity index (χ0n) is 16.3. The molecule has 1 atom stereocenters. The second-order valence-electron chi connectivity index (χ2n) is 6.87. The summed E-state index contributed by atoms with van der Waals surface area (Å²) >= 11 is 7.39. The Balaban J connectivity index is 1.41. The van der Waals surface area contributed by atoms with Gasteiger partial charge in [-0.3, -0.25) is 14.2 Å². The van der Waals surface area contributed by atoms with Gasteiger partial charge in [0.1, 0.15) is 6.04 Å². The summed E-state index contributed by atoms with van der Waals surface area (Å²) in [5, 5.41) is 6.23. The molecule has 0 spiro atoms. The molecule has 0 radical (unpaired) electrons. The number of nitrogens with one attached hydrogen (secondary N) is 2. The molecule has 3 amide bonds. The molecule has 9 heteroatoms. The first-order valence-corrected chi connectivity index (χ1v) is 11.0. The first-order chi connectivity index (χ1) is 15.0. The van der Waals surface area contributed by atoms with Gasteiger partial charge in [0.15, 0.2) is 0 Å². The van der Waals surface area contributed by atoms with Crippen LogP contribution in [0.4, 0.5) is 16.2 Å². The van der Waals surface area contributed by atoms with Gasteiger partial charge in [-0.2, -0.15) is 0 Å². The number of thioether (sulfide) groups is 1. The van der Waals surface area contributed by atoms with Crippen molar-refractivity contribution >= 4 is 46.7 Å². The number of halogens is 1. The summed E-state index contributed by atoms with van der Waals surface area (Å²) in [4.78, 5) is 38.9. The van der Waals surface area contributed by atoms with Gasteiger partial charge in [0.2, 0.25) is 5.91 Å². The zero-order chi connectivity index (χ0) is 21.8. The van der Waals surface area contributed by atoms with E-state index in [0.29, 0.717) is 33.7 Å². The predicted molar refractivity (Wildman–Crippen MR) is 124 cm³/mol. The minimum absolute atomic E-state index is 0.135. The van der Waals surface area contributed by atoms with Crippen molar-refractivity contribution in [2.45, 2.75) is 6.04 Å². The first kappa shape index (κ1) is 21.0. The topological polar surface area (TPSA) is 83.4 Å². The molecule has 0 saturated carbocycles. The van der Waals surface area contributed by atoms with E-state index < -0.39 is 6.04 Å². The van der Waals surface area contributed by atoms with Gasteiger partial charge in [-0.25, -0.2) is 4.79 Å². The Morgan fingerprint density at radius 2 is 1.61 bits per heavy atom. The average Bonchev–Trinajstić information content (AvgIpc) is 3.27. The number of amides is 3. The molecule has 3 aromatic rings. The third kappa shape index (κ3) is 4.92. The Kier molecular flexibility index (Phi) is 6.29. The molecule has 2 heterocycles.